The third kappa shape index (κ3) is 3.04. The Hall–Kier alpha value is -1.39. The Morgan fingerprint density at radius 2 is 2.27 bits per heavy atom. The summed E-state index contributed by atoms with van der Waals surface area (Å²) < 4.78 is 25.5. The highest BCUT2D eigenvalue weighted by molar-refractivity contribution is 5.74. The molecule has 0 aliphatic rings. The Kier molecular flexibility index (Phi) is 3.82. The van der Waals surface area contributed by atoms with Crippen LogP contribution in [0.4, 0.5) is 8.78 Å². The van der Waals surface area contributed by atoms with E-state index >= 15 is 0 Å². The predicted molar refractivity (Wildman–Crippen MR) is 51.1 cm³/mol. The molecule has 1 aromatic rings. The molecule has 0 radical (unpaired) electrons. The Morgan fingerprint density at radius 1 is 1.60 bits per heavy atom. The fourth-order valence-electron chi connectivity index (χ4n) is 1.39. The number of carbonyl (C=O) groups is 1. The molecule has 0 saturated carbocycles. The van der Waals surface area contributed by atoms with E-state index in [1.807, 2.05) is 0 Å². The third-order valence-corrected chi connectivity index (χ3v) is 2.27. The lowest BCUT2D eigenvalue weighted by Gasteiger charge is -2.11. The number of carboxylic acid groups (broad SMARTS) is 1. The number of aromatic nitrogens is 1. The highest BCUT2D eigenvalue weighted by Crippen LogP contribution is 2.17. The standard InChI is InChI=1S/C10H13F2NO2/c1-7(10(14)15)8-3-2-5-13(8)6-4-9(11)12/h2-3,5,7,9H,4,6H2,1H3,(H,14,15). The molecule has 15 heavy (non-hydrogen) atoms. The number of nitrogens with zero attached hydrogens (tertiary/aromatic N) is 1. The zero-order valence-corrected chi connectivity index (χ0v) is 8.36. The number of halogens is 2. The molecule has 0 bridgehead atoms. The van der Waals surface area contributed by atoms with Crippen molar-refractivity contribution in [2.75, 3.05) is 0 Å². The fraction of sp³-hybridized carbons (Fsp3) is 0.500. The smallest absolute Gasteiger partial charge is 0.312 e. The summed E-state index contributed by atoms with van der Waals surface area (Å²) in [6, 6.07) is 3.31. The minimum Gasteiger partial charge on any atom is -0.481 e. The quantitative estimate of drug-likeness (QED) is 0.822. The van der Waals surface area contributed by atoms with E-state index < -0.39 is 18.3 Å². The van der Waals surface area contributed by atoms with Crippen LogP contribution >= 0.6 is 0 Å². The van der Waals surface area contributed by atoms with Gasteiger partial charge in [-0.1, -0.05) is 0 Å². The van der Waals surface area contributed by atoms with Crippen molar-refractivity contribution < 1.29 is 18.7 Å². The molecular weight excluding hydrogens is 204 g/mol. The average Bonchev–Trinajstić information content (AvgIpc) is 2.60. The van der Waals surface area contributed by atoms with Gasteiger partial charge in [0, 0.05) is 24.9 Å². The van der Waals surface area contributed by atoms with Gasteiger partial charge in [0.2, 0.25) is 6.43 Å². The normalized spacial score (nSPS) is 13.1. The molecule has 1 N–H and O–H groups in total. The number of hydrogen-bond donors (Lipinski definition) is 1. The maximum Gasteiger partial charge on any atom is 0.312 e. The van der Waals surface area contributed by atoms with Crippen LogP contribution in [0.5, 0.6) is 0 Å². The highest BCUT2D eigenvalue weighted by atomic mass is 19.3. The van der Waals surface area contributed by atoms with Crippen LogP contribution in [0, 0.1) is 0 Å². The van der Waals surface area contributed by atoms with E-state index in [4.69, 9.17) is 5.11 Å². The number of rotatable bonds is 5. The van der Waals surface area contributed by atoms with Crippen molar-refractivity contribution in [3.63, 3.8) is 0 Å². The van der Waals surface area contributed by atoms with Crippen LogP contribution in [0.15, 0.2) is 18.3 Å². The molecule has 1 heterocycles. The van der Waals surface area contributed by atoms with E-state index in [-0.39, 0.29) is 13.0 Å². The Labute approximate surface area is 86.3 Å². The van der Waals surface area contributed by atoms with E-state index in [1.54, 1.807) is 22.9 Å². The topological polar surface area (TPSA) is 42.2 Å². The molecule has 1 unspecified atom stereocenters. The number of aliphatic carboxylic acids is 1. The summed E-state index contributed by atoms with van der Waals surface area (Å²) in [6.07, 6.45) is -0.995. The molecule has 0 spiro atoms. The monoisotopic (exact) mass is 217 g/mol. The van der Waals surface area contributed by atoms with Gasteiger partial charge < -0.3 is 9.67 Å². The molecule has 1 rings (SSSR count). The second-order valence-corrected chi connectivity index (χ2v) is 3.37. The molecule has 1 atom stereocenters. The van der Waals surface area contributed by atoms with Gasteiger partial charge >= 0.3 is 5.97 Å². The summed E-state index contributed by atoms with van der Waals surface area (Å²) in [6.45, 7) is 1.69. The van der Waals surface area contributed by atoms with Crippen LogP contribution in [-0.2, 0) is 11.3 Å². The number of alkyl halides is 2. The molecule has 0 saturated heterocycles. The molecule has 3 nitrogen and oxygen atoms in total. The Bertz CT molecular complexity index is 336. The van der Waals surface area contributed by atoms with Crippen molar-refractivity contribution in [1.82, 2.24) is 4.57 Å². The second kappa shape index (κ2) is 4.91. The predicted octanol–water partition coefficient (Wildman–Crippen LogP) is 2.33. The van der Waals surface area contributed by atoms with Gasteiger partial charge in [-0.3, -0.25) is 4.79 Å². The SMILES string of the molecule is CC(C(=O)O)c1cccn1CCC(F)F. The molecule has 1 aromatic heterocycles. The summed E-state index contributed by atoms with van der Waals surface area (Å²) in [7, 11) is 0. The molecule has 84 valence electrons. The third-order valence-electron chi connectivity index (χ3n) is 2.27. The van der Waals surface area contributed by atoms with Gasteiger partial charge in [0.1, 0.15) is 0 Å². The number of aryl methyl sites for hydroxylation is 1. The van der Waals surface area contributed by atoms with Crippen LogP contribution in [0.2, 0.25) is 0 Å². The van der Waals surface area contributed by atoms with Gasteiger partial charge in [-0.05, 0) is 19.1 Å². The van der Waals surface area contributed by atoms with E-state index in [9.17, 15) is 13.6 Å². The maximum absolute atomic E-state index is 12.0. The Morgan fingerprint density at radius 3 is 2.80 bits per heavy atom. The molecule has 0 amide bonds. The van der Waals surface area contributed by atoms with Gasteiger partial charge in [0.25, 0.3) is 0 Å². The van der Waals surface area contributed by atoms with Crippen LogP contribution in [0.1, 0.15) is 25.0 Å². The van der Waals surface area contributed by atoms with Crippen molar-refractivity contribution in [2.45, 2.75) is 32.2 Å². The first-order chi connectivity index (χ1) is 7.02. The van der Waals surface area contributed by atoms with Crippen LogP contribution in [0.25, 0.3) is 0 Å². The lowest BCUT2D eigenvalue weighted by Crippen LogP contribution is -2.13. The first-order valence-corrected chi connectivity index (χ1v) is 4.68. The van der Waals surface area contributed by atoms with Crippen molar-refractivity contribution in [1.29, 1.82) is 0 Å². The van der Waals surface area contributed by atoms with E-state index in [0.717, 1.165) is 0 Å². The first-order valence-electron chi connectivity index (χ1n) is 4.68. The van der Waals surface area contributed by atoms with E-state index in [0.29, 0.717) is 5.69 Å². The number of hydrogen-bond acceptors (Lipinski definition) is 1. The van der Waals surface area contributed by atoms with Crippen LogP contribution < -0.4 is 0 Å². The zero-order valence-electron chi connectivity index (χ0n) is 8.36. The summed E-state index contributed by atoms with van der Waals surface area (Å²) in [5.41, 5.74) is 0.558. The second-order valence-electron chi connectivity index (χ2n) is 3.37. The molecule has 5 heteroatoms. The lowest BCUT2D eigenvalue weighted by atomic mass is 10.1. The minimum absolute atomic E-state index is 0.150. The fourth-order valence-corrected chi connectivity index (χ4v) is 1.39. The van der Waals surface area contributed by atoms with Crippen molar-refractivity contribution >= 4 is 5.97 Å². The molecule has 0 aliphatic heterocycles. The molecule has 0 fully saturated rings. The summed E-state index contributed by atoms with van der Waals surface area (Å²) >= 11 is 0. The van der Waals surface area contributed by atoms with Crippen molar-refractivity contribution in [2.24, 2.45) is 0 Å². The zero-order chi connectivity index (χ0) is 11.4. The lowest BCUT2D eigenvalue weighted by molar-refractivity contribution is -0.138. The average molecular weight is 217 g/mol. The van der Waals surface area contributed by atoms with Crippen LogP contribution in [0.3, 0.4) is 0 Å². The van der Waals surface area contributed by atoms with Gasteiger partial charge in [-0.15, -0.1) is 0 Å². The summed E-state index contributed by atoms with van der Waals surface area (Å²) in [5, 5.41) is 8.79. The minimum atomic E-state index is -2.36. The largest absolute Gasteiger partial charge is 0.481 e. The Balaban J connectivity index is 2.73. The van der Waals surface area contributed by atoms with Crippen LogP contribution in [-0.4, -0.2) is 22.1 Å². The highest BCUT2D eigenvalue weighted by Gasteiger charge is 2.17. The molecule has 0 aromatic carbocycles. The van der Waals surface area contributed by atoms with Crippen molar-refractivity contribution in [3.05, 3.63) is 24.0 Å². The van der Waals surface area contributed by atoms with E-state index in [2.05, 4.69) is 0 Å². The number of carboxylic acids is 1. The summed E-state index contributed by atoms with van der Waals surface area (Å²) in [4.78, 5) is 10.7. The first kappa shape index (κ1) is 11.7. The molecular formula is C10H13F2NO2. The summed E-state index contributed by atoms with van der Waals surface area (Å²) in [5.74, 6) is -1.62. The molecule has 0 aliphatic carbocycles. The van der Waals surface area contributed by atoms with Gasteiger partial charge in [-0.2, -0.15) is 0 Å². The van der Waals surface area contributed by atoms with Gasteiger partial charge in [0.15, 0.2) is 0 Å². The van der Waals surface area contributed by atoms with Gasteiger partial charge in [0.05, 0.1) is 5.92 Å². The maximum atomic E-state index is 12.0. The van der Waals surface area contributed by atoms with Gasteiger partial charge in [-0.25, -0.2) is 8.78 Å². The van der Waals surface area contributed by atoms with Crippen molar-refractivity contribution in [3.8, 4) is 0 Å². The van der Waals surface area contributed by atoms with E-state index in [1.165, 1.54) is 6.92 Å².